The lowest BCUT2D eigenvalue weighted by molar-refractivity contribution is 0.222. The smallest absolute Gasteiger partial charge is 0.0991 e. The van der Waals surface area contributed by atoms with Crippen LogP contribution in [0.1, 0.15) is 16.8 Å². The fourth-order valence-corrected chi connectivity index (χ4v) is 2.25. The third kappa shape index (κ3) is 6.03. The van der Waals surface area contributed by atoms with E-state index in [1.807, 2.05) is 54.6 Å². The second kappa shape index (κ2) is 9.52. The van der Waals surface area contributed by atoms with E-state index in [9.17, 15) is 5.11 Å². The van der Waals surface area contributed by atoms with Crippen LogP contribution in [-0.4, -0.2) is 29.8 Å². The minimum Gasteiger partial charge on any atom is -0.396 e. The van der Waals surface area contributed by atoms with Gasteiger partial charge >= 0.3 is 0 Å². The van der Waals surface area contributed by atoms with Gasteiger partial charge in [0.1, 0.15) is 0 Å². The molecule has 2 N–H and O–H groups in total. The summed E-state index contributed by atoms with van der Waals surface area (Å²) in [5.41, 5.74) is 2.74. The first-order valence-corrected chi connectivity index (χ1v) is 7.70. The van der Waals surface area contributed by atoms with Crippen molar-refractivity contribution in [3.05, 3.63) is 71.6 Å². The van der Waals surface area contributed by atoms with E-state index in [1.165, 1.54) is 0 Å². The number of rotatable bonds is 8. The summed E-state index contributed by atoms with van der Waals surface area (Å²) in [5.74, 6) is 0.160. The minimum absolute atomic E-state index is 0.142. The lowest BCUT2D eigenvalue weighted by Crippen LogP contribution is -2.27. The number of aromatic nitrogens is 1. The summed E-state index contributed by atoms with van der Waals surface area (Å²) in [4.78, 5) is 4.29. The molecule has 4 heteroatoms. The number of hydrogen-bond donors (Lipinski definition) is 2. The van der Waals surface area contributed by atoms with Gasteiger partial charge in [-0.05, 0) is 42.2 Å². The lowest BCUT2D eigenvalue weighted by atomic mass is 10.0. The standard InChI is InChI=1S/C19H21N3O/c20-13-17-8-6-16(7-9-17)4-3-10-21-14-18(15-23)12-19-5-1-2-11-22-19/h1-9,11,18,21,23H,10,12,14-15H2/b4-3+. The van der Waals surface area contributed by atoms with Crippen molar-refractivity contribution >= 4 is 6.08 Å². The number of benzene rings is 1. The zero-order valence-electron chi connectivity index (χ0n) is 13.0. The topological polar surface area (TPSA) is 68.9 Å². The molecule has 0 spiro atoms. The van der Waals surface area contributed by atoms with Crippen LogP contribution in [0.15, 0.2) is 54.7 Å². The second-order valence-corrected chi connectivity index (χ2v) is 5.37. The lowest BCUT2D eigenvalue weighted by Gasteiger charge is -2.13. The molecule has 1 heterocycles. The third-order valence-electron chi connectivity index (χ3n) is 3.53. The highest BCUT2D eigenvalue weighted by Gasteiger charge is 2.08. The number of pyridine rings is 1. The summed E-state index contributed by atoms with van der Waals surface area (Å²) in [6.45, 7) is 1.62. The summed E-state index contributed by atoms with van der Waals surface area (Å²) in [6, 6.07) is 15.4. The van der Waals surface area contributed by atoms with Crippen LogP contribution in [0.25, 0.3) is 6.08 Å². The van der Waals surface area contributed by atoms with Crippen LogP contribution in [0.3, 0.4) is 0 Å². The molecule has 2 rings (SSSR count). The molecular formula is C19H21N3O. The monoisotopic (exact) mass is 307 g/mol. The van der Waals surface area contributed by atoms with Crippen molar-refractivity contribution in [2.75, 3.05) is 19.7 Å². The van der Waals surface area contributed by atoms with Crippen LogP contribution < -0.4 is 5.32 Å². The van der Waals surface area contributed by atoms with Crippen molar-refractivity contribution in [1.29, 1.82) is 5.26 Å². The number of nitriles is 1. The molecule has 0 radical (unpaired) electrons. The molecule has 0 aliphatic heterocycles. The Kier molecular flexibility index (Phi) is 6.99. The molecule has 118 valence electrons. The highest BCUT2D eigenvalue weighted by atomic mass is 16.3. The van der Waals surface area contributed by atoms with Crippen LogP contribution in [-0.2, 0) is 6.42 Å². The molecule has 0 amide bonds. The van der Waals surface area contributed by atoms with Gasteiger partial charge in [0.15, 0.2) is 0 Å². The summed E-state index contributed by atoms with van der Waals surface area (Å²) in [7, 11) is 0. The quantitative estimate of drug-likeness (QED) is 0.735. The maximum absolute atomic E-state index is 9.46. The van der Waals surface area contributed by atoms with Gasteiger partial charge in [0.05, 0.1) is 11.6 Å². The molecule has 0 fully saturated rings. The van der Waals surface area contributed by atoms with Crippen molar-refractivity contribution in [2.45, 2.75) is 6.42 Å². The van der Waals surface area contributed by atoms with Crippen molar-refractivity contribution in [3.8, 4) is 6.07 Å². The largest absolute Gasteiger partial charge is 0.396 e. The first kappa shape index (κ1) is 16.9. The number of hydrogen-bond acceptors (Lipinski definition) is 4. The molecule has 0 saturated heterocycles. The summed E-state index contributed by atoms with van der Waals surface area (Å²) in [5, 5.41) is 21.5. The zero-order chi connectivity index (χ0) is 16.3. The fourth-order valence-electron chi connectivity index (χ4n) is 2.25. The average molecular weight is 307 g/mol. The molecule has 0 bridgehead atoms. The van der Waals surface area contributed by atoms with E-state index in [0.717, 1.165) is 30.8 Å². The van der Waals surface area contributed by atoms with Crippen LogP contribution in [0.5, 0.6) is 0 Å². The molecule has 1 atom stereocenters. The van der Waals surface area contributed by atoms with Crippen molar-refractivity contribution in [1.82, 2.24) is 10.3 Å². The maximum Gasteiger partial charge on any atom is 0.0991 e. The Labute approximate surface area is 137 Å². The SMILES string of the molecule is N#Cc1ccc(/C=C/CNCC(CO)Cc2ccccn2)cc1. The van der Waals surface area contributed by atoms with Gasteiger partial charge in [-0.3, -0.25) is 4.98 Å². The van der Waals surface area contributed by atoms with Gasteiger partial charge < -0.3 is 10.4 Å². The highest BCUT2D eigenvalue weighted by Crippen LogP contribution is 2.06. The van der Waals surface area contributed by atoms with Gasteiger partial charge in [-0.2, -0.15) is 5.26 Å². The van der Waals surface area contributed by atoms with E-state index in [1.54, 1.807) is 6.20 Å². The van der Waals surface area contributed by atoms with E-state index in [2.05, 4.69) is 16.4 Å². The summed E-state index contributed by atoms with van der Waals surface area (Å²) < 4.78 is 0. The van der Waals surface area contributed by atoms with Gasteiger partial charge in [-0.25, -0.2) is 0 Å². The number of nitrogens with zero attached hydrogens (tertiary/aromatic N) is 2. The molecule has 23 heavy (non-hydrogen) atoms. The van der Waals surface area contributed by atoms with E-state index in [-0.39, 0.29) is 12.5 Å². The molecular weight excluding hydrogens is 286 g/mol. The van der Waals surface area contributed by atoms with Gasteiger partial charge in [-0.1, -0.05) is 30.4 Å². The Bertz CT molecular complexity index is 645. The fraction of sp³-hybridized carbons (Fsp3) is 0.263. The Morgan fingerprint density at radius 1 is 1.22 bits per heavy atom. The average Bonchev–Trinajstić information content (AvgIpc) is 2.62. The Balaban J connectivity index is 1.72. The Morgan fingerprint density at radius 2 is 2.04 bits per heavy atom. The Hall–Kier alpha value is -2.48. The summed E-state index contributed by atoms with van der Waals surface area (Å²) >= 11 is 0. The predicted molar refractivity (Wildman–Crippen MR) is 91.6 cm³/mol. The number of aliphatic hydroxyl groups excluding tert-OH is 1. The Morgan fingerprint density at radius 3 is 2.70 bits per heavy atom. The minimum atomic E-state index is 0.142. The normalized spacial score (nSPS) is 12.2. The van der Waals surface area contributed by atoms with Crippen molar-refractivity contribution in [3.63, 3.8) is 0 Å². The molecule has 2 aromatic rings. The predicted octanol–water partition coefficient (Wildman–Crippen LogP) is 2.41. The van der Waals surface area contributed by atoms with E-state index < -0.39 is 0 Å². The van der Waals surface area contributed by atoms with Gasteiger partial charge in [0.2, 0.25) is 0 Å². The van der Waals surface area contributed by atoms with Gasteiger partial charge in [0, 0.05) is 31.6 Å². The molecule has 0 aliphatic carbocycles. The van der Waals surface area contributed by atoms with Crippen LogP contribution in [0.4, 0.5) is 0 Å². The molecule has 1 aromatic carbocycles. The first-order valence-electron chi connectivity index (χ1n) is 7.70. The van der Waals surface area contributed by atoms with Crippen molar-refractivity contribution in [2.24, 2.45) is 5.92 Å². The molecule has 1 aromatic heterocycles. The molecule has 0 saturated carbocycles. The highest BCUT2D eigenvalue weighted by molar-refractivity contribution is 5.51. The van der Waals surface area contributed by atoms with Gasteiger partial charge in [-0.15, -0.1) is 0 Å². The third-order valence-corrected chi connectivity index (χ3v) is 3.53. The first-order chi connectivity index (χ1) is 11.3. The van der Waals surface area contributed by atoms with Crippen LogP contribution in [0.2, 0.25) is 0 Å². The van der Waals surface area contributed by atoms with Crippen molar-refractivity contribution < 1.29 is 5.11 Å². The second-order valence-electron chi connectivity index (χ2n) is 5.37. The van der Waals surface area contributed by atoms with E-state index in [0.29, 0.717) is 5.56 Å². The van der Waals surface area contributed by atoms with E-state index in [4.69, 9.17) is 5.26 Å². The number of nitrogens with one attached hydrogen (secondary N) is 1. The summed E-state index contributed by atoms with van der Waals surface area (Å²) in [6.07, 6.45) is 6.60. The zero-order valence-corrected chi connectivity index (χ0v) is 13.0. The molecule has 1 unspecified atom stereocenters. The molecule has 0 aliphatic rings. The van der Waals surface area contributed by atoms with Gasteiger partial charge in [0.25, 0.3) is 0 Å². The van der Waals surface area contributed by atoms with Crippen LogP contribution >= 0.6 is 0 Å². The number of aliphatic hydroxyl groups is 1. The maximum atomic E-state index is 9.46. The molecule has 4 nitrogen and oxygen atoms in total. The van der Waals surface area contributed by atoms with E-state index >= 15 is 0 Å². The van der Waals surface area contributed by atoms with Crippen LogP contribution in [0, 0.1) is 17.2 Å².